The van der Waals surface area contributed by atoms with Gasteiger partial charge in [-0.3, -0.25) is 4.79 Å². The van der Waals surface area contributed by atoms with Crippen LogP contribution in [0.1, 0.15) is 5.56 Å². The van der Waals surface area contributed by atoms with Gasteiger partial charge in [0.2, 0.25) is 0 Å². The Labute approximate surface area is 115 Å². The Kier molecular flexibility index (Phi) is 4.24. The molecule has 0 saturated carbocycles. The minimum Gasteiger partial charge on any atom is -0.481 e. The van der Waals surface area contributed by atoms with Crippen molar-refractivity contribution in [2.75, 3.05) is 31.1 Å². The first-order chi connectivity index (χ1) is 8.58. The third-order valence-electron chi connectivity index (χ3n) is 3.25. The zero-order valence-corrected chi connectivity index (χ0v) is 11.9. The minimum atomic E-state index is -0.733. The summed E-state index contributed by atoms with van der Waals surface area (Å²) in [5.74, 6) is -1.08. The topological polar surface area (TPSA) is 52.6 Å². The lowest BCUT2D eigenvalue weighted by Crippen LogP contribution is -2.33. The van der Waals surface area contributed by atoms with Gasteiger partial charge in [0.1, 0.15) is 0 Å². The number of rotatable bonds is 2. The molecule has 2 rings (SSSR count). The van der Waals surface area contributed by atoms with E-state index in [-0.39, 0.29) is 5.92 Å². The highest BCUT2D eigenvalue weighted by molar-refractivity contribution is 9.10. The lowest BCUT2D eigenvalue weighted by atomic mass is 10.1. The second kappa shape index (κ2) is 5.71. The number of hydrogen-bond acceptors (Lipinski definition) is 3. The largest absolute Gasteiger partial charge is 0.481 e. The Bertz CT molecular complexity index is 451. The minimum absolute atomic E-state index is 0.351. The molecule has 1 saturated heterocycles. The molecule has 1 aromatic carbocycles. The van der Waals surface area contributed by atoms with Crippen LogP contribution in [0.15, 0.2) is 22.7 Å². The van der Waals surface area contributed by atoms with E-state index < -0.39 is 5.97 Å². The zero-order valence-electron chi connectivity index (χ0n) is 10.3. The molecule has 5 heteroatoms. The fourth-order valence-electron chi connectivity index (χ4n) is 2.14. The molecule has 1 aliphatic rings. The highest BCUT2D eigenvalue weighted by Crippen LogP contribution is 2.24. The van der Waals surface area contributed by atoms with Crippen LogP contribution in [0.5, 0.6) is 0 Å². The molecule has 1 atom stereocenters. The maximum atomic E-state index is 11.1. The van der Waals surface area contributed by atoms with Crippen LogP contribution >= 0.6 is 15.9 Å². The van der Waals surface area contributed by atoms with Crippen molar-refractivity contribution < 1.29 is 9.90 Å². The van der Waals surface area contributed by atoms with E-state index in [1.165, 1.54) is 0 Å². The van der Waals surface area contributed by atoms with Crippen molar-refractivity contribution in [2.45, 2.75) is 6.92 Å². The number of anilines is 1. The SMILES string of the molecule is Cc1cc(N2CCNCC(C(=O)O)C2)ccc1Br. The van der Waals surface area contributed by atoms with Gasteiger partial charge in [-0.2, -0.15) is 0 Å². The summed E-state index contributed by atoms with van der Waals surface area (Å²) in [5, 5.41) is 12.3. The first-order valence-electron chi connectivity index (χ1n) is 6.02. The van der Waals surface area contributed by atoms with Gasteiger partial charge in [-0.25, -0.2) is 0 Å². The summed E-state index contributed by atoms with van der Waals surface area (Å²) in [6.07, 6.45) is 0. The standard InChI is InChI=1S/C13H17BrN2O2/c1-9-6-11(2-3-12(9)14)16-5-4-15-7-10(8-16)13(17)18/h2-3,6,10,15H,4-5,7-8H2,1H3,(H,17,18). The van der Waals surface area contributed by atoms with Crippen molar-refractivity contribution in [3.8, 4) is 0 Å². The van der Waals surface area contributed by atoms with Crippen molar-refractivity contribution >= 4 is 27.6 Å². The summed E-state index contributed by atoms with van der Waals surface area (Å²) in [6.45, 7) is 4.80. The normalized spacial score (nSPS) is 20.6. The lowest BCUT2D eigenvalue weighted by molar-refractivity contribution is -0.141. The first-order valence-corrected chi connectivity index (χ1v) is 6.82. The number of nitrogens with one attached hydrogen (secondary N) is 1. The molecule has 1 fully saturated rings. The Morgan fingerprint density at radius 1 is 1.56 bits per heavy atom. The van der Waals surface area contributed by atoms with Crippen LogP contribution in [-0.2, 0) is 4.79 Å². The Balaban J connectivity index is 2.19. The van der Waals surface area contributed by atoms with E-state index in [2.05, 4.69) is 32.2 Å². The Morgan fingerprint density at radius 3 is 3.00 bits per heavy atom. The highest BCUT2D eigenvalue weighted by Gasteiger charge is 2.23. The summed E-state index contributed by atoms with van der Waals surface area (Å²) < 4.78 is 1.08. The van der Waals surface area contributed by atoms with Crippen molar-refractivity contribution in [2.24, 2.45) is 5.92 Å². The Hall–Kier alpha value is -1.07. The molecule has 1 aromatic rings. The average molecular weight is 313 g/mol. The summed E-state index contributed by atoms with van der Waals surface area (Å²) in [5.41, 5.74) is 2.25. The molecule has 1 unspecified atom stereocenters. The smallest absolute Gasteiger partial charge is 0.309 e. The fraction of sp³-hybridized carbons (Fsp3) is 0.462. The van der Waals surface area contributed by atoms with Gasteiger partial charge < -0.3 is 15.3 Å². The molecule has 0 amide bonds. The average Bonchev–Trinajstić information content (AvgIpc) is 2.58. The molecule has 1 heterocycles. The van der Waals surface area contributed by atoms with Crippen LogP contribution in [0.4, 0.5) is 5.69 Å². The Morgan fingerprint density at radius 2 is 2.33 bits per heavy atom. The van der Waals surface area contributed by atoms with Crippen LogP contribution in [-0.4, -0.2) is 37.3 Å². The maximum absolute atomic E-state index is 11.1. The zero-order chi connectivity index (χ0) is 13.1. The number of halogens is 1. The molecule has 0 aliphatic carbocycles. The lowest BCUT2D eigenvalue weighted by Gasteiger charge is -2.25. The fourth-order valence-corrected chi connectivity index (χ4v) is 2.38. The van der Waals surface area contributed by atoms with Gasteiger partial charge >= 0.3 is 5.97 Å². The van der Waals surface area contributed by atoms with Crippen molar-refractivity contribution in [1.29, 1.82) is 0 Å². The number of hydrogen-bond donors (Lipinski definition) is 2. The molecule has 0 aromatic heterocycles. The second-order valence-corrected chi connectivity index (χ2v) is 5.47. The van der Waals surface area contributed by atoms with Gasteiger partial charge in [0.05, 0.1) is 5.92 Å². The molecule has 98 valence electrons. The van der Waals surface area contributed by atoms with E-state index in [4.69, 9.17) is 5.11 Å². The molecule has 2 N–H and O–H groups in total. The highest BCUT2D eigenvalue weighted by atomic mass is 79.9. The van der Waals surface area contributed by atoms with E-state index in [0.29, 0.717) is 13.1 Å². The number of aryl methyl sites for hydroxylation is 1. The summed E-state index contributed by atoms with van der Waals surface area (Å²) in [6, 6.07) is 6.13. The van der Waals surface area contributed by atoms with Crippen LogP contribution in [0.25, 0.3) is 0 Å². The van der Waals surface area contributed by atoms with E-state index in [0.717, 1.165) is 28.8 Å². The molecule has 4 nitrogen and oxygen atoms in total. The molecular formula is C13H17BrN2O2. The summed E-state index contributed by atoms with van der Waals surface area (Å²) >= 11 is 3.48. The predicted octanol–water partition coefficient (Wildman–Crippen LogP) is 1.87. The number of aliphatic carboxylic acids is 1. The molecule has 1 aliphatic heterocycles. The maximum Gasteiger partial charge on any atom is 0.309 e. The van der Waals surface area contributed by atoms with Crippen molar-refractivity contribution in [1.82, 2.24) is 5.32 Å². The third kappa shape index (κ3) is 3.03. The number of nitrogens with zero attached hydrogens (tertiary/aromatic N) is 1. The summed E-state index contributed by atoms with van der Waals surface area (Å²) in [7, 11) is 0. The van der Waals surface area contributed by atoms with Crippen molar-refractivity contribution in [3.05, 3.63) is 28.2 Å². The molecule has 0 bridgehead atoms. The van der Waals surface area contributed by atoms with Gasteiger partial charge in [-0.15, -0.1) is 0 Å². The van der Waals surface area contributed by atoms with E-state index in [1.54, 1.807) is 0 Å². The predicted molar refractivity (Wildman–Crippen MR) is 75.1 cm³/mol. The van der Waals surface area contributed by atoms with Gasteiger partial charge in [-0.1, -0.05) is 15.9 Å². The monoisotopic (exact) mass is 312 g/mol. The third-order valence-corrected chi connectivity index (χ3v) is 4.14. The molecule has 18 heavy (non-hydrogen) atoms. The second-order valence-electron chi connectivity index (χ2n) is 4.62. The van der Waals surface area contributed by atoms with Crippen LogP contribution in [0, 0.1) is 12.8 Å². The number of carboxylic acids is 1. The molecule has 0 radical (unpaired) electrons. The van der Waals surface area contributed by atoms with E-state index in [9.17, 15) is 4.79 Å². The quantitative estimate of drug-likeness (QED) is 0.875. The van der Waals surface area contributed by atoms with E-state index in [1.807, 2.05) is 19.1 Å². The molecular weight excluding hydrogens is 296 g/mol. The van der Waals surface area contributed by atoms with Gasteiger partial charge in [0.15, 0.2) is 0 Å². The molecule has 0 spiro atoms. The van der Waals surface area contributed by atoms with E-state index >= 15 is 0 Å². The summed E-state index contributed by atoms with van der Waals surface area (Å²) in [4.78, 5) is 13.3. The van der Waals surface area contributed by atoms with Crippen LogP contribution < -0.4 is 10.2 Å². The number of benzene rings is 1. The number of carboxylic acid groups (broad SMARTS) is 1. The van der Waals surface area contributed by atoms with Gasteiger partial charge in [-0.05, 0) is 30.7 Å². The number of carbonyl (C=O) groups is 1. The van der Waals surface area contributed by atoms with Gasteiger partial charge in [0.25, 0.3) is 0 Å². The van der Waals surface area contributed by atoms with Crippen molar-refractivity contribution in [3.63, 3.8) is 0 Å². The van der Waals surface area contributed by atoms with Gasteiger partial charge in [0, 0.05) is 36.3 Å². The first kappa shape index (κ1) is 13.4. The van der Waals surface area contributed by atoms with Crippen LogP contribution in [0.3, 0.4) is 0 Å². The van der Waals surface area contributed by atoms with Crippen LogP contribution in [0.2, 0.25) is 0 Å².